The van der Waals surface area contributed by atoms with E-state index in [1.54, 1.807) is 0 Å². The lowest BCUT2D eigenvalue weighted by Gasteiger charge is -2.27. The summed E-state index contributed by atoms with van der Waals surface area (Å²) >= 11 is 5.52. The summed E-state index contributed by atoms with van der Waals surface area (Å²) in [5.74, 6) is -1.70. The molecule has 3 atom stereocenters. The SMILES string of the molecule is CSCCC(NC(=O)C1CCCN1C(=O)C(N)CS)C(=O)NCC(=O)O. The van der Waals surface area contributed by atoms with Crippen molar-refractivity contribution >= 4 is 48.1 Å². The Labute approximate surface area is 162 Å². The van der Waals surface area contributed by atoms with Gasteiger partial charge in [-0.2, -0.15) is 24.4 Å². The lowest BCUT2D eigenvalue weighted by atomic mass is 10.1. The van der Waals surface area contributed by atoms with Gasteiger partial charge in [0.25, 0.3) is 0 Å². The molecule has 0 bridgehead atoms. The topological polar surface area (TPSA) is 142 Å². The second-order valence-electron chi connectivity index (χ2n) is 5.93. The second-order valence-corrected chi connectivity index (χ2v) is 7.28. The molecule has 1 aliphatic rings. The van der Waals surface area contributed by atoms with Gasteiger partial charge in [0.1, 0.15) is 18.6 Å². The Balaban J connectivity index is 2.75. The van der Waals surface area contributed by atoms with E-state index < -0.39 is 42.5 Å². The highest BCUT2D eigenvalue weighted by molar-refractivity contribution is 7.98. The molecule has 0 aliphatic carbocycles. The van der Waals surface area contributed by atoms with Crippen molar-refractivity contribution in [1.82, 2.24) is 15.5 Å². The number of hydrogen-bond acceptors (Lipinski definition) is 7. The Hall–Kier alpha value is -1.46. The molecule has 0 saturated carbocycles. The minimum absolute atomic E-state index is 0.178. The summed E-state index contributed by atoms with van der Waals surface area (Å²) in [5, 5.41) is 13.6. The number of likely N-dealkylation sites (tertiary alicyclic amines) is 1. The molecule has 148 valence electrons. The molecule has 1 aliphatic heterocycles. The fraction of sp³-hybridized carbons (Fsp3) is 0.733. The number of thioether (sulfide) groups is 1. The Kier molecular flexibility index (Phi) is 9.81. The first-order valence-corrected chi connectivity index (χ1v) is 10.3. The van der Waals surface area contributed by atoms with Crippen molar-refractivity contribution in [1.29, 1.82) is 0 Å². The van der Waals surface area contributed by atoms with E-state index in [-0.39, 0.29) is 11.7 Å². The van der Waals surface area contributed by atoms with Crippen molar-refractivity contribution < 1.29 is 24.3 Å². The van der Waals surface area contributed by atoms with E-state index >= 15 is 0 Å². The average Bonchev–Trinajstić information content (AvgIpc) is 3.11. The van der Waals surface area contributed by atoms with E-state index in [2.05, 4.69) is 23.3 Å². The smallest absolute Gasteiger partial charge is 0.322 e. The normalized spacial score (nSPS) is 18.9. The lowest BCUT2D eigenvalue weighted by Crippen LogP contribution is -2.55. The van der Waals surface area contributed by atoms with Gasteiger partial charge in [-0.1, -0.05) is 0 Å². The molecule has 0 spiro atoms. The summed E-state index contributed by atoms with van der Waals surface area (Å²) < 4.78 is 0. The molecule has 1 rings (SSSR count). The Morgan fingerprint density at radius 1 is 1.38 bits per heavy atom. The summed E-state index contributed by atoms with van der Waals surface area (Å²) in [4.78, 5) is 49.1. The van der Waals surface area contributed by atoms with Crippen LogP contribution in [0.15, 0.2) is 0 Å². The lowest BCUT2D eigenvalue weighted by molar-refractivity contribution is -0.140. The Morgan fingerprint density at radius 3 is 2.65 bits per heavy atom. The van der Waals surface area contributed by atoms with Crippen molar-refractivity contribution in [3.63, 3.8) is 0 Å². The number of amides is 3. The van der Waals surface area contributed by atoms with E-state index in [4.69, 9.17) is 10.8 Å². The molecule has 0 aromatic heterocycles. The Morgan fingerprint density at radius 2 is 2.08 bits per heavy atom. The number of nitrogens with two attached hydrogens (primary N) is 1. The number of rotatable bonds is 10. The maximum atomic E-state index is 12.6. The summed E-state index contributed by atoms with van der Waals surface area (Å²) in [6.45, 7) is -0.0889. The van der Waals surface area contributed by atoms with Gasteiger partial charge in [-0.05, 0) is 31.3 Å². The molecule has 0 radical (unpaired) electrons. The quantitative estimate of drug-likeness (QED) is 0.283. The van der Waals surface area contributed by atoms with Crippen molar-refractivity contribution in [3.8, 4) is 0 Å². The summed E-state index contributed by atoms with van der Waals surface area (Å²) in [7, 11) is 0. The molecule has 3 unspecified atom stereocenters. The first-order valence-electron chi connectivity index (χ1n) is 8.27. The fourth-order valence-electron chi connectivity index (χ4n) is 2.65. The van der Waals surface area contributed by atoms with E-state index in [0.717, 1.165) is 0 Å². The first kappa shape index (κ1) is 22.6. The minimum Gasteiger partial charge on any atom is -0.480 e. The summed E-state index contributed by atoms with van der Waals surface area (Å²) in [5.41, 5.74) is 5.72. The highest BCUT2D eigenvalue weighted by Gasteiger charge is 2.37. The van der Waals surface area contributed by atoms with Gasteiger partial charge in [0.15, 0.2) is 0 Å². The zero-order valence-corrected chi connectivity index (χ0v) is 16.4. The maximum absolute atomic E-state index is 12.6. The average molecular weight is 407 g/mol. The standard InChI is InChI=1S/C15H26N4O5S2/c1-26-6-4-10(13(22)17-7-12(20)21)18-14(23)11-3-2-5-19(11)15(24)9(16)8-25/h9-11,25H,2-8,16H2,1H3,(H,17,22)(H,18,23)(H,20,21). The van der Waals surface area contributed by atoms with Gasteiger partial charge in [-0.25, -0.2) is 0 Å². The second kappa shape index (κ2) is 11.3. The van der Waals surface area contributed by atoms with Crippen LogP contribution in [0.4, 0.5) is 0 Å². The molecule has 9 nitrogen and oxygen atoms in total. The van der Waals surface area contributed by atoms with Crippen molar-refractivity contribution in [3.05, 3.63) is 0 Å². The summed E-state index contributed by atoms with van der Waals surface area (Å²) in [6.07, 6.45) is 3.38. The molecular weight excluding hydrogens is 380 g/mol. The van der Waals surface area contributed by atoms with Gasteiger partial charge in [-0.3, -0.25) is 19.2 Å². The summed E-state index contributed by atoms with van der Waals surface area (Å²) in [6, 6.07) is -2.32. The fourth-order valence-corrected chi connectivity index (χ4v) is 3.28. The monoisotopic (exact) mass is 406 g/mol. The number of carboxylic acids is 1. The van der Waals surface area contributed by atoms with Crippen LogP contribution in [-0.2, 0) is 19.2 Å². The van der Waals surface area contributed by atoms with Crippen molar-refractivity contribution in [2.24, 2.45) is 5.73 Å². The molecule has 0 aromatic carbocycles. The van der Waals surface area contributed by atoms with Gasteiger partial charge >= 0.3 is 5.97 Å². The maximum Gasteiger partial charge on any atom is 0.322 e. The van der Waals surface area contributed by atoms with Gasteiger partial charge in [-0.15, -0.1) is 0 Å². The molecule has 1 fully saturated rings. The number of nitrogens with one attached hydrogen (secondary N) is 2. The predicted molar refractivity (Wildman–Crippen MR) is 102 cm³/mol. The van der Waals surface area contributed by atoms with E-state index in [0.29, 0.717) is 31.6 Å². The van der Waals surface area contributed by atoms with Crippen LogP contribution >= 0.6 is 24.4 Å². The van der Waals surface area contributed by atoms with Gasteiger partial charge in [0, 0.05) is 12.3 Å². The largest absolute Gasteiger partial charge is 0.480 e. The molecule has 26 heavy (non-hydrogen) atoms. The number of thiol groups is 1. The van der Waals surface area contributed by atoms with Gasteiger partial charge < -0.3 is 26.4 Å². The van der Waals surface area contributed by atoms with Crippen LogP contribution in [0.2, 0.25) is 0 Å². The van der Waals surface area contributed by atoms with Crippen LogP contribution in [0.25, 0.3) is 0 Å². The van der Waals surface area contributed by atoms with Crippen LogP contribution < -0.4 is 16.4 Å². The first-order chi connectivity index (χ1) is 12.3. The van der Waals surface area contributed by atoms with Crippen molar-refractivity contribution in [2.75, 3.05) is 30.9 Å². The number of carbonyl (C=O) groups excluding carboxylic acids is 3. The van der Waals surface area contributed by atoms with Crippen LogP contribution in [0.5, 0.6) is 0 Å². The van der Waals surface area contributed by atoms with E-state index in [9.17, 15) is 19.2 Å². The highest BCUT2D eigenvalue weighted by Crippen LogP contribution is 2.19. The molecule has 5 N–H and O–H groups in total. The third-order valence-corrected chi connectivity index (χ3v) is 5.05. The number of aliphatic carboxylic acids is 1. The van der Waals surface area contributed by atoms with Crippen LogP contribution in [-0.4, -0.2) is 82.7 Å². The molecule has 11 heteroatoms. The van der Waals surface area contributed by atoms with Crippen LogP contribution in [0, 0.1) is 0 Å². The number of carboxylic acid groups (broad SMARTS) is 1. The molecule has 1 saturated heterocycles. The van der Waals surface area contributed by atoms with Crippen molar-refractivity contribution in [2.45, 2.75) is 37.4 Å². The number of carbonyl (C=O) groups is 4. The number of hydrogen-bond donors (Lipinski definition) is 5. The van der Waals surface area contributed by atoms with Gasteiger partial charge in [0.2, 0.25) is 17.7 Å². The van der Waals surface area contributed by atoms with E-state index in [1.165, 1.54) is 16.7 Å². The Bertz CT molecular complexity index is 534. The predicted octanol–water partition coefficient (Wildman–Crippen LogP) is -1.33. The van der Waals surface area contributed by atoms with Crippen LogP contribution in [0.3, 0.4) is 0 Å². The number of nitrogens with zero attached hydrogens (tertiary/aromatic N) is 1. The zero-order chi connectivity index (χ0) is 19.7. The third-order valence-electron chi connectivity index (χ3n) is 4.01. The van der Waals surface area contributed by atoms with E-state index in [1.807, 2.05) is 6.26 Å². The van der Waals surface area contributed by atoms with Gasteiger partial charge in [0.05, 0.1) is 6.04 Å². The highest BCUT2D eigenvalue weighted by atomic mass is 32.2. The zero-order valence-electron chi connectivity index (χ0n) is 14.6. The molecule has 1 heterocycles. The third kappa shape index (κ3) is 6.69. The minimum atomic E-state index is -1.17. The molecule has 3 amide bonds. The molecule has 0 aromatic rings. The van der Waals surface area contributed by atoms with Crippen LogP contribution in [0.1, 0.15) is 19.3 Å². The molecular formula is C15H26N4O5S2.